The molecule has 0 spiro atoms. The van der Waals surface area contributed by atoms with Gasteiger partial charge in [0.15, 0.2) is 17.8 Å². The zero-order chi connectivity index (χ0) is 19.5. The summed E-state index contributed by atoms with van der Waals surface area (Å²) in [6.07, 6.45) is -0.268. The number of rotatable bonds is 5. The highest BCUT2D eigenvalue weighted by Crippen LogP contribution is 2.39. The van der Waals surface area contributed by atoms with Crippen LogP contribution < -0.4 is 14.6 Å². The highest BCUT2D eigenvalue weighted by Gasteiger charge is 2.39. The van der Waals surface area contributed by atoms with E-state index in [0.717, 1.165) is 22.7 Å². The zero-order valence-electron chi connectivity index (χ0n) is 15.8. The van der Waals surface area contributed by atoms with E-state index in [2.05, 4.69) is 12.1 Å². The predicted octanol–water partition coefficient (Wildman–Crippen LogP) is 4.62. The van der Waals surface area contributed by atoms with Gasteiger partial charge < -0.3 is 4.74 Å². The minimum absolute atomic E-state index is 0.0878. The molecule has 1 heterocycles. The molecule has 5 heteroatoms. The molecule has 0 aromatic heterocycles. The molecule has 0 fully saturated rings. The fourth-order valence-corrected chi connectivity index (χ4v) is 3.37. The summed E-state index contributed by atoms with van der Waals surface area (Å²) in [5.74, 6) is 1.08. The van der Waals surface area contributed by atoms with Crippen molar-refractivity contribution in [2.45, 2.75) is 13.1 Å². The molecular formula is C23H21N3O2. The molecule has 0 saturated heterocycles. The third-order valence-electron chi connectivity index (χ3n) is 4.69. The van der Waals surface area contributed by atoms with Gasteiger partial charge in [0.05, 0.1) is 12.8 Å². The number of carbonyl (C=O) groups is 1. The number of methoxy groups -OCH3 is 1. The first-order valence-electron chi connectivity index (χ1n) is 9.11. The van der Waals surface area contributed by atoms with Gasteiger partial charge in [-0.05, 0) is 42.0 Å². The van der Waals surface area contributed by atoms with Gasteiger partial charge in [-0.15, -0.1) is 5.10 Å². The van der Waals surface area contributed by atoms with Crippen LogP contribution in [0.1, 0.15) is 18.7 Å². The summed E-state index contributed by atoms with van der Waals surface area (Å²) in [7, 11) is 1.64. The minimum Gasteiger partial charge on any atom is -0.497 e. The molecule has 140 valence electrons. The first-order chi connectivity index (χ1) is 13.7. The normalized spacial score (nSPS) is 16.1. The molecule has 0 aliphatic carbocycles. The Balaban J connectivity index is 1.87. The Labute approximate surface area is 164 Å². The van der Waals surface area contributed by atoms with Crippen molar-refractivity contribution in [3.05, 3.63) is 90.5 Å². The molecule has 0 amide bonds. The molecule has 5 nitrogen and oxygen atoms in total. The molecule has 1 atom stereocenters. The summed E-state index contributed by atoms with van der Waals surface area (Å²) < 4.78 is 5.28. The molecule has 3 aromatic carbocycles. The van der Waals surface area contributed by atoms with Gasteiger partial charge in [0.1, 0.15) is 5.75 Å². The number of hydrogen-bond donors (Lipinski definition) is 0. The van der Waals surface area contributed by atoms with Crippen LogP contribution in [0.3, 0.4) is 0 Å². The fraction of sp³-hybridized carbons (Fsp3) is 0.130. The maximum atomic E-state index is 12.5. The third-order valence-corrected chi connectivity index (χ3v) is 4.69. The number of ether oxygens (including phenoxy) is 1. The van der Waals surface area contributed by atoms with Crippen molar-refractivity contribution >= 4 is 23.0 Å². The van der Waals surface area contributed by atoms with Crippen LogP contribution in [0.25, 0.3) is 0 Å². The molecule has 1 aliphatic heterocycles. The number of Topliss-reactive ketones (excluding diaryl/α,β-unsaturated/α-hetero) is 1. The van der Waals surface area contributed by atoms with Crippen molar-refractivity contribution in [3.8, 4) is 5.75 Å². The van der Waals surface area contributed by atoms with E-state index in [9.17, 15) is 4.79 Å². The van der Waals surface area contributed by atoms with E-state index >= 15 is 0 Å². The number of anilines is 2. The van der Waals surface area contributed by atoms with E-state index in [-0.39, 0.29) is 11.9 Å². The molecule has 0 unspecified atom stereocenters. The molecule has 0 N–H and O–H groups in total. The topological polar surface area (TPSA) is 45.1 Å². The number of para-hydroxylation sites is 1. The van der Waals surface area contributed by atoms with Gasteiger partial charge in [0, 0.05) is 12.6 Å². The van der Waals surface area contributed by atoms with E-state index in [1.165, 1.54) is 0 Å². The highest BCUT2D eigenvalue weighted by atomic mass is 16.5. The van der Waals surface area contributed by atoms with Gasteiger partial charge in [-0.1, -0.05) is 48.5 Å². The van der Waals surface area contributed by atoms with Crippen molar-refractivity contribution in [1.29, 1.82) is 0 Å². The predicted molar refractivity (Wildman–Crippen MR) is 112 cm³/mol. The van der Waals surface area contributed by atoms with Crippen molar-refractivity contribution in [2.24, 2.45) is 5.10 Å². The molecule has 0 saturated carbocycles. The first-order valence-corrected chi connectivity index (χ1v) is 9.11. The Hall–Kier alpha value is -3.60. The first kappa shape index (κ1) is 17.8. The quantitative estimate of drug-likeness (QED) is 0.656. The maximum absolute atomic E-state index is 12.5. The summed E-state index contributed by atoms with van der Waals surface area (Å²) in [4.78, 5) is 14.5. The lowest BCUT2D eigenvalue weighted by Crippen LogP contribution is -2.37. The molecule has 28 heavy (non-hydrogen) atoms. The van der Waals surface area contributed by atoms with Gasteiger partial charge >= 0.3 is 0 Å². The summed E-state index contributed by atoms with van der Waals surface area (Å²) in [5.41, 5.74) is 2.84. The lowest BCUT2D eigenvalue weighted by molar-refractivity contribution is -0.111. The van der Waals surface area contributed by atoms with Crippen molar-refractivity contribution in [2.75, 3.05) is 17.0 Å². The van der Waals surface area contributed by atoms with Crippen molar-refractivity contribution in [1.82, 2.24) is 0 Å². The van der Waals surface area contributed by atoms with Crippen LogP contribution in [0, 0.1) is 0 Å². The number of carbonyl (C=O) groups excluding carboxylic acids is 1. The van der Waals surface area contributed by atoms with Crippen molar-refractivity contribution < 1.29 is 9.53 Å². The zero-order valence-corrected chi connectivity index (χ0v) is 15.8. The summed E-state index contributed by atoms with van der Waals surface area (Å²) in [6.45, 7) is 1.55. The number of nitrogens with zero attached hydrogens (tertiary/aromatic N) is 3. The standard InChI is InChI=1S/C23H21N3O2/c1-17(27)22-24-26(20-11-7-4-8-12-20)23(18-9-5-3-6-10-18)25(22)19-13-15-21(28-2)16-14-19/h3-16,23H,1-2H3/t23-/m1/s1. The average Bonchev–Trinajstić information content (AvgIpc) is 3.16. The fourth-order valence-electron chi connectivity index (χ4n) is 3.37. The van der Waals surface area contributed by atoms with Crippen LogP contribution in [0.2, 0.25) is 0 Å². The molecule has 1 aliphatic rings. The van der Waals surface area contributed by atoms with Gasteiger partial charge in [-0.25, -0.2) is 5.01 Å². The molecule has 3 aromatic rings. The van der Waals surface area contributed by atoms with Crippen LogP contribution >= 0.6 is 0 Å². The number of hydrazone groups is 1. The Morgan fingerprint density at radius 2 is 1.46 bits per heavy atom. The molecule has 0 radical (unpaired) electrons. The van der Waals surface area contributed by atoms with Gasteiger partial charge in [-0.3, -0.25) is 9.69 Å². The Morgan fingerprint density at radius 3 is 2.04 bits per heavy atom. The van der Waals surface area contributed by atoms with E-state index in [1.807, 2.05) is 82.7 Å². The average molecular weight is 371 g/mol. The van der Waals surface area contributed by atoms with Crippen LogP contribution in [0.15, 0.2) is 90.0 Å². The van der Waals surface area contributed by atoms with Crippen LogP contribution in [0.4, 0.5) is 11.4 Å². The number of ketones is 1. The lowest BCUT2D eigenvalue weighted by Gasteiger charge is -2.32. The van der Waals surface area contributed by atoms with Gasteiger partial charge in [-0.2, -0.15) is 0 Å². The minimum atomic E-state index is -0.268. The monoisotopic (exact) mass is 371 g/mol. The second-order valence-corrected chi connectivity index (χ2v) is 6.51. The second-order valence-electron chi connectivity index (χ2n) is 6.51. The summed E-state index contributed by atoms with van der Waals surface area (Å²) in [5, 5.41) is 6.61. The Kier molecular flexibility index (Phi) is 4.81. The number of hydrogen-bond acceptors (Lipinski definition) is 5. The number of amidine groups is 1. The summed E-state index contributed by atoms with van der Waals surface area (Å²) >= 11 is 0. The third kappa shape index (κ3) is 3.22. The maximum Gasteiger partial charge on any atom is 0.198 e. The van der Waals surface area contributed by atoms with Gasteiger partial charge in [0.25, 0.3) is 0 Å². The van der Waals surface area contributed by atoms with Crippen molar-refractivity contribution in [3.63, 3.8) is 0 Å². The Morgan fingerprint density at radius 1 is 0.857 bits per heavy atom. The highest BCUT2D eigenvalue weighted by molar-refractivity contribution is 6.44. The van der Waals surface area contributed by atoms with E-state index < -0.39 is 0 Å². The molecule has 0 bridgehead atoms. The largest absolute Gasteiger partial charge is 0.497 e. The molecule has 4 rings (SSSR count). The van der Waals surface area contributed by atoms with E-state index in [4.69, 9.17) is 9.84 Å². The second kappa shape index (κ2) is 7.56. The van der Waals surface area contributed by atoms with Crippen LogP contribution in [-0.4, -0.2) is 18.7 Å². The van der Waals surface area contributed by atoms with Crippen LogP contribution in [-0.2, 0) is 4.79 Å². The lowest BCUT2D eigenvalue weighted by atomic mass is 10.1. The van der Waals surface area contributed by atoms with E-state index in [0.29, 0.717) is 5.84 Å². The molecular weight excluding hydrogens is 350 g/mol. The van der Waals surface area contributed by atoms with E-state index in [1.54, 1.807) is 14.0 Å². The van der Waals surface area contributed by atoms with Gasteiger partial charge in [0.2, 0.25) is 0 Å². The Bertz CT molecular complexity index is 985. The van der Waals surface area contributed by atoms with Crippen LogP contribution in [0.5, 0.6) is 5.75 Å². The SMILES string of the molecule is COc1ccc(N2C(C(C)=O)=NN(c3ccccc3)[C@@H]2c2ccccc2)cc1. The summed E-state index contributed by atoms with van der Waals surface area (Å²) in [6, 6.07) is 27.6. The smallest absolute Gasteiger partial charge is 0.198 e. The number of benzene rings is 3.